The summed E-state index contributed by atoms with van der Waals surface area (Å²) in [5, 5.41) is 6.89. The summed E-state index contributed by atoms with van der Waals surface area (Å²) in [5.41, 5.74) is 2.69. The molecule has 0 unspecified atom stereocenters. The summed E-state index contributed by atoms with van der Waals surface area (Å²) in [5.74, 6) is 1.95. The van der Waals surface area contributed by atoms with Gasteiger partial charge in [0.1, 0.15) is 0 Å². The van der Waals surface area contributed by atoms with Crippen LogP contribution >= 0.6 is 35.7 Å². The van der Waals surface area contributed by atoms with Gasteiger partial charge in [0, 0.05) is 44.7 Å². The summed E-state index contributed by atoms with van der Waals surface area (Å²) >= 11 is 1.89. The molecule has 3 rings (SSSR count). The van der Waals surface area contributed by atoms with Crippen LogP contribution in [0, 0.1) is 0 Å². The molecule has 0 aromatic heterocycles. The molecule has 2 N–H and O–H groups in total. The highest BCUT2D eigenvalue weighted by atomic mass is 127. The predicted molar refractivity (Wildman–Crippen MR) is 138 cm³/mol. The molecule has 0 amide bonds. The minimum Gasteiger partial charge on any atom is -0.379 e. The van der Waals surface area contributed by atoms with E-state index in [1.54, 1.807) is 0 Å². The zero-order valence-electron chi connectivity index (χ0n) is 17.7. The number of nitrogens with zero attached hydrogens (tertiary/aromatic N) is 2. The van der Waals surface area contributed by atoms with Crippen molar-refractivity contribution < 1.29 is 4.74 Å². The van der Waals surface area contributed by atoms with Gasteiger partial charge in [-0.2, -0.15) is 0 Å². The van der Waals surface area contributed by atoms with Crippen LogP contribution in [0.5, 0.6) is 0 Å². The lowest BCUT2D eigenvalue weighted by atomic mass is 10.1. The van der Waals surface area contributed by atoms with Gasteiger partial charge in [0.2, 0.25) is 0 Å². The molecule has 2 aromatic carbocycles. The van der Waals surface area contributed by atoms with Crippen molar-refractivity contribution in [2.45, 2.75) is 24.4 Å². The van der Waals surface area contributed by atoms with Crippen molar-refractivity contribution in [1.82, 2.24) is 15.5 Å². The van der Waals surface area contributed by atoms with E-state index >= 15 is 0 Å². The highest BCUT2D eigenvalue weighted by Crippen LogP contribution is 2.17. The Balaban J connectivity index is 0.00000320. The molecule has 0 spiro atoms. The zero-order valence-corrected chi connectivity index (χ0v) is 20.8. The molecule has 1 saturated heterocycles. The first kappa shape index (κ1) is 25.0. The third-order valence-electron chi connectivity index (χ3n) is 4.91. The number of thioether (sulfide) groups is 1. The fourth-order valence-corrected chi connectivity index (χ4v) is 4.14. The molecule has 30 heavy (non-hydrogen) atoms. The second-order valence-corrected chi connectivity index (χ2v) is 8.19. The second-order valence-electron chi connectivity index (χ2n) is 7.02. The van der Waals surface area contributed by atoms with Crippen LogP contribution in [0.15, 0.2) is 64.5 Å². The number of rotatable bonds is 9. The summed E-state index contributed by atoms with van der Waals surface area (Å²) < 4.78 is 5.46. The molecule has 1 aliphatic rings. The molecule has 7 heteroatoms. The maximum Gasteiger partial charge on any atom is 0.191 e. The van der Waals surface area contributed by atoms with E-state index in [0.29, 0.717) is 0 Å². The molecule has 0 aliphatic carbocycles. The first-order valence-electron chi connectivity index (χ1n) is 10.3. The van der Waals surface area contributed by atoms with Crippen LogP contribution in [0.1, 0.15) is 17.5 Å². The third-order valence-corrected chi connectivity index (χ3v) is 6.01. The van der Waals surface area contributed by atoms with E-state index in [2.05, 4.69) is 75.1 Å². The van der Waals surface area contributed by atoms with Crippen LogP contribution in [-0.4, -0.2) is 56.5 Å². The van der Waals surface area contributed by atoms with Crippen LogP contribution in [0.25, 0.3) is 0 Å². The molecule has 0 bridgehead atoms. The van der Waals surface area contributed by atoms with E-state index in [1.165, 1.54) is 16.0 Å². The highest BCUT2D eigenvalue weighted by molar-refractivity contribution is 14.0. The number of halogens is 1. The third kappa shape index (κ3) is 8.83. The topological polar surface area (TPSA) is 48.9 Å². The van der Waals surface area contributed by atoms with E-state index in [4.69, 9.17) is 4.74 Å². The Morgan fingerprint density at radius 2 is 1.70 bits per heavy atom. The van der Waals surface area contributed by atoms with Gasteiger partial charge in [-0.25, -0.2) is 0 Å². The summed E-state index contributed by atoms with van der Waals surface area (Å²) in [7, 11) is 1.83. The predicted octanol–water partition coefficient (Wildman–Crippen LogP) is 3.98. The molecule has 2 aromatic rings. The Kier molecular flexibility index (Phi) is 12.2. The minimum atomic E-state index is 0. The molecule has 164 valence electrons. The van der Waals surface area contributed by atoms with Crippen molar-refractivity contribution in [1.29, 1.82) is 0 Å². The van der Waals surface area contributed by atoms with Crippen LogP contribution < -0.4 is 10.6 Å². The maximum atomic E-state index is 5.46. The molecular formula is C23H33IN4OS. The summed E-state index contributed by atoms with van der Waals surface area (Å²) in [6.07, 6.45) is 1.09. The Bertz CT molecular complexity index is 754. The fourth-order valence-electron chi connectivity index (χ4n) is 3.27. The molecule has 1 heterocycles. The lowest BCUT2D eigenvalue weighted by Crippen LogP contribution is -2.38. The highest BCUT2D eigenvalue weighted by Gasteiger charge is 2.12. The van der Waals surface area contributed by atoms with Crippen molar-refractivity contribution in [2.24, 2.45) is 4.99 Å². The number of aliphatic imine (C=N–C) groups is 1. The van der Waals surface area contributed by atoms with Gasteiger partial charge in [0.25, 0.3) is 0 Å². The summed E-state index contributed by atoms with van der Waals surface area (Å²) in [6.45, 7) is 6.34. The molecular weight excluding hydrogens is 507 g/mol. The number of benzene rings is 2. The number of ether oxygens (including phenoxy) is 1. The van der Waals surface area contributed by atoms with Crippen LogP contribution in [0.3, 0.4) is 0 Å². The van der Waals surface area contributed by atoms with Crippen molar-refractivity contribution >= 4 is 41.7 Å². The number of hydrogen-bond acceptors (Lipinski definition) is 4. The first-order valence-corrected chi connectivity index (χ1v) is 11.3. The first-order chi connectivity index (χ1) is 14.3. The number of guanidine groups is 1. The van der Waals surface area contributed by atoms with Gasteiger partial charge in [0.05, 0.1) is 13.2 Å². The number of nitrogens with one attached hydrogen (secondary N) is 2. The normalized spacial score (nSPS) is 14.8. The maximum absolute atomic E-state index is 5.46. The van der Waals surface area contributed by atoms with Gasteiger partial charge >= 0.3 is 0 Å². The Hall–Kier alpha value is -1.29. The van der Waals surface area contributed by atoms with Crippen LogP contribution in [0.4, 0.5) is 0 Å². The SMILES string of the molecule is CN=C(NCCCSc1ccccc1)NCc1ccccc1CN1CCOCC1.I. The van der Waals surface area contributed by atoms with Crippen LogP contribution in [0.2, 0.25) is 0 Å². The molecule has 5 nitrogen and oxygen atoms in total. The van der Waals surface area contributed by atoms with Gasteiger partial charge in [-0.3, -0.25) is 9.89 Å². The average Bonchev–Trinajstić information content (AvgIpc) is 2.78. The zero-order chi connectivity index (χ0) is 20.2. The fraction of sp³-hybridized carbons (Fsp3) is 0.435. The Morgan fingerprint density at radius 1 is 1.00 bits per heavy atom. The largest absolute Gasteiger partial charge is 0.379 e. The van der Waals surface area contributed by atoms with Crippen molar-refractivity contribution in [3.05, 3.63) is 65.7 Å². The van der Waals surface area contributed by atoms with Crippen LogP contribution in [-0.2, 0) is 17.8 Å². The molecule has 0 saturated carbocycles. The van der Waals surface area contributed by atoms with E-state index < -0.39 is 0 Å². The second kappa shape index (κ2) is 14.7. The van der Waals surface area contributed by atoms with E-state index in [9.17, 15) is 0 Å². The van der Waals surface area contributed by atoms with Gasteiger partial charge < -0.3 is 15.4 Å². The quantitative estimate of drug-likeness (QED) is 0.166. The summed E-state index contributed by atoms with van der Waals surface area (Å²) in [4.78, 5) is 8.15. The monoisotopic (exact) mass is 540 g/mol. The van der Waals surface area contributed by atoms with Gasteiger partial charge in [0.15, 0.2) is 5.96 Å². The van der Waals surface area contributed by atoms with Crippen molar-refractivity contribution in [3.8, 4) is 0 Å². The van der Waals surface area contributed by atoms with E-state index in [1.807, 2.05) is 18.8 Å². The summed E-state index contributed by atoms with van der Waals surface area (Å²) in [6, 6.07) is 19.2. The lowest BCUT2D eigenvalue weighted by molar-refractivity contribution is 0.0341. The standard InChI is InChI=1S/C23H32N4OS.HI/c1-24-23(25-12-7-17-29-22-10-3-2-4-11-22)26-18-20-8-5-6-9-21(20)19-27-13-15-28-16-14-27;/h2-6,8-11H,7,12-19H2,1H3,(H2,24,25,26);1H. The minimum absolute atomic E-state index is 0. The molecule has 0 atom stereocenters. The van der Waals surface area contributed by atoms with E-state index in [0.717, 1.165) is 64.1 Å². The Labute approximate surface area is 202 Å². The number of morpholine rings is 1. The van der Waals surface area contributed by atoms with E-state index in [-0.39, 0.29) is 24.0 Å². The molecule has 0 radical (unpaired) electrons. The lowest BCUT2D eigenvalue weighted by Gasteiger charge is -2.27. The smallest absolute Gasteiger partial charge is 0.191 e. The van der Waals surface area contributed by atoms with Gasteiger partial charge in [-0.15, -0.1) is 35.7 Å². The Morgan fingerprint density at radius 3 is 2.43 bits per heavy atom. The van der Waals surface area contributed by atoms with Crippen molar-refractivity contribution in [3.63, 3.8) is 0 Å². The van der Waals surface area contributed by atoms with Gasteiger partial charge in [-0.05, 0) is 35.4 Å². The van der Waals surface area contributed by atoms with Crippen molar-refractivity contribution in [2.75, 3.05) is 45.6 Å². The molecule has 1 aliphatic heterocycles. The van der Waals surface area contributed by atoms with Gasteiger partial charge in [-0.1, -0.05) is 42.5 Å². The average molecular weight is 541 g/mol. The molecule has 1 fully saturated rings. The number of hydrogen-bond donors (Lipinski definition) is 2.